The first-order chi connectivity index (χ1) is 10.5. The zero-order valence-corrected chi connectivity index (χ0v) is 14.5. The highest BCUT2D eigenvalue weighted by atomic mass is 16.6. The summed E-state index contributed by atoms with van der Waals surface area (Å²) in [5.41, 5.74) is 1.16. The quantitative estimate of drug-likeness (QED) is 0.658. The Kier molecular flexibility index (Phi) is 4.48. The van der Waals surface area contributed by atoms with E-state index in [1.165, 1.54) is 12.1 Å². The monoisotopic (exact) mass is 320 g/mol. The standard InChI is InChI=1S/C17H25N3O3/c1-11-8-12(6-7-14(11)20(22)23)15(21)18-13-9-16(2,3)19-17(4,5)10-13/h6-8,13,19H,9-10H2,1-5H3,(H,18,21)/p+1. The number of nitrogens with one attached hydrogen (secondary N) is 1. The second kappa shape index (κ2) is 5.92. The molecule has 0 aliphatic carbocycles. The SMILES string of the molecule is Cc1cc(C(=O)NC2CC(C)(C)[NH2+]C(C)(C)C2)ccc1[N+](=O)[O-]. The van der Waals surface area contributed by atoms with E-state index in [1.54, 1.807) is 13.0 Å². The highest BCUT2D eigenvalue weighted by Gasteiger charge is 2.42. The Labute approximate surface area is 136 Å². The fourth-order valence-electron chi connectivity index (χ4n) is 3.89. The van der Waals surface area contributed by atoms with Crippen LogP contribution in [0.1, 0.15) is 56.5 Å². The van der Waals surface area contributed by atoms with Crippen LogP contribution in [0.3, 0.4) is 0 Å². The Hall–Kier alpha value is -1.95. The van der Waals surface area contributed by atoms with Gasteiger partial charge in [0.2, 0.25) is 0 Å². The van der Waals surface area contributed by atoms with E-state index in [1.807, 2.05) is 0 Å². The lowest BCUT2D eigenvalue weighted by atomic mass is 9.79. The number of nitrogens with zero attached hydrogens (tertiary/aromatic N) is 1. The number of piperidine rings is 1. The fourth-order valence-corrected chi connectivity index (χ4v) is 3.89. The number of carbonyl (C=O) groups excluding carboxylic acids is 1. The van der Waals surface area contributed by atoms with Gasteiger partial charge in [-0.15, -0.1) is 0 Å². The maximum absolute atomic E-state index is 12.5. The Balaban J connectivity index is 2.13. The van der Waals surface area contributed by atoms with Gasteiger partial charge in [-0.25, -0.2) is 0 Å². The average Bonchev–Trinajstić information content (AvgIpc) is 2.33. The number of amides is 1. The number of carbonyl (C=O) groups is 1. The molecule has 1 aromatic rings. The summed E-state index contributed by atoms with van der Waals surface area (Å²) in [4.78, 5) is 22.9. The zero-order chi connectivity index (χ0) is 17.4. The van der Waals surface area contributed by atoms with Crippen LogP contribution < -0.4 is 10.6 Å². The molecule has 23 heavy (non-hydrogen) atoms. The number of nitrogens with two attached hydrogens (primary N) is 1. The second-order valence-corrected chi connectivity index (χ2v) is 7.96. The summed E-state index contributed by atoms with van der Waals surface area (Å²) >= 11 is 0. The van der Waals surface area contributed by atoms with Crippen LogP contribution in [0.4, 0.5) is 5.69 Å². The summed E-state index contributed by atoms with van der Waals surface area (Å²) in [6, 6.07) is 4.60. The number of hydrogen-bond acceptors (Lipinski definition) is 3. The molecule has 1 heterocycles. The summed E-state index contributed by atoms with van der Waals surface area (Å²) < 4.78 is 0. The van der Waals surface area contributed by atoms with Crippen molar-refractivity contribution >= 4 is 11.6 Å². The van der Waals surface area contributed by atoms with Crippen LogP contribution in [-0.4, -0.2) is 28.0 Å². The molecule has 2 rings (SSSR count). The molecule has 1 amide bonds. The normalized spacial score (nSPS) is 20.0. The Morgan fingerprint density at radius 1 is 1.26 bits per heavy atom. The van der Waals surface area contributed by atoms with Crippen molar-refractivity contribution in [2.45, 2.75) is 64.6 Å². The molecular formula is C17H26N3O3+. The predicted octanol–water partition coefficient (Wildman–Crippen LogP) is 1.92. The Morgan fingerprint density at radius 2 is 1.83 bits per heavy atom. The van der Waals surface area contributed by atoms with E-state index in [-0.39, 0.29) is 28.7 Å². The number of nitro groups is 1. The van der Waals surface area contributed by atoms with Gasteiger partial charge in [0.15, 0.2) is 0 Å². The van der Waals surface area contributed by atoms with E-state index in [4.69, 9.17) is 0 Å². The van der Waals surface area contributed by atoms with Gasteiger partial charge in [-0.3, -0.25) is 14.9 Å². The molecule has 0 spiro atoms. The van der Waals surface area contributed by atoms with Crippen LogP contribution in [0.25, 0.3) is 0 Å². The van der Waals surface area contributed by atoms with Gasteiger partial charge in [0.25, 0.3) is 11.6 Å². The van der Waals surface area contributed by atoms with Crippen molar-refractivity contribution in [2.75, 3.05) is 0 Å². The number of aryl methyl sites for hydroxylation is 1. The third-order valence-electron chi connectivity index (χ3n) is 4.32. The summed E-state index contributed by atoms with van der Waals surface area (Å²) in [7, 11) is 0. The molecule has 0 bridgehead atoms. The van der Waals surface area contributed by atoms with Crippen molar-refractivity contribution in [1.82, 2.24) is 5.32 Å². The van der Waals surface area contributed by atoms with Crippen LogP contribution >= 0.6 is 0 Å². The molecule has 0 aromatic heterocycles. The molecule has 0 atom stereocenters. The molecule has 0 saturated carbocycles. The lowest BCUT2D eigenvalue weighted by molar-refractivity contribution is -0.787. The largest absolute Gasteiger partial charge is 0.349 e. The maximum Gasteiger partial charge on any atom is 0.272 e. The first kappa shape index (κ1) is 17.4. The van der Waals surface area contributed by atoms with Crippen LogP contribution in [0.5, 0.6) is 0 Å². The van der Waals surface area contributed by atoms with Crippen molar-refractivity contribution in [3.05, 3.63) is 39.4 Å². The zero-order valence-electron chi connectivity index (χ0n) is 14.5. The summed E-state index contributed by atoms with van der Waals surface area (Å²) in [6.45, 7) is 10.4. The number of hydrogen-bond donors (Lipinski definition) is 2. The topological polar surface area (TPSA) is 88.8 Å². The molecule has 1 fully saturated rings. The molecule has 126 valence electrons. The Morgan fingerprint density at radius 3 is 2.30 bits per heavy atom. The van der Waals surface area contributed by atoms with Crippen LogP contribution in [0, 0.1) is 17.0 Å². The molecule has 3 N–H and O–H groups in total. The molecule has 1 aromatic carbocycles. The van der Waals surface area contributed by atoms with Gasteiger partial charge in [0.1, 0.15) is 0 Å². The molecule has 6 nitrogen and oxygen atoms in total. The summed E-state index contributed by atoms with van der Waals surface area (Å²) in [6.07, 6.45) is 1.79. The van der Waals surface area contributed by atoms with Crippen LogP contribution in [0.2, 0.25) is 0 Å². The van der Waals surface area contributed by atoms with Crippen molar-refractivity contribution in [1.29, 1.82) is 0 Å². The minimum Gasteiger partial charge on any atom is -0.349 e. The van der Waals surface area contributed by atoms with E-state index < -0.39 is 4.92 Å². The van der Waals surface area contributed by atoms with E-state index in [2.05, 4.69) is 38.3 Å². The van der Waals surface area contributed by atoms with Crippen LogP contribution in [-0.2, 0) is 0 Å². The minimum absolute atomic E-state index is 0.0380. The number of rotatable bonds is 3. The van der Waals surface area contributed by atoms with Crippen molar-refractivity contribution < 1.29 is 15.0 Å². The smallest absolute Gasteiger partial charge is 0.272 e. The van der Waals surface area contributed by atoms with Gasteiger partial charge < -0.3 is 10.6 Å². The number of nitro benzene ring substituents is 1. The molecule has 0 unspecified atom stereocenters. The van der Waals surface area contributed by atoms with Gasteiger partial charge in [-0.2, -0.15) is 0 Å². The van der Waals surface area contributed by atoms with Crippen molar-refractivity contribution in [2.24, 2.45) is 0 Å². The fraction of sp³-hybridized carbons (Fsp3) is 0.588. The number of quaternary nitrogens is 1. The predicted molar refractivity (Wildman–Crippen MR) is 88.4 cm³/mol. The van der Waals surface area contributed by atoms with Gasteiger partial charge >= 0.3 is 0 Å². The van der Waals surface area contributed by atoms with E-state index >= 15 is 0 Å². The molecule has 6 heteroatoms. The number of benzene rings is 1. The third kappa shape index (κ3) is 4.28. The first-order valence-electron chi connectivity index (χ1n) is 7.92. The first-order valence-corrected chi connectivity index (χ1v) is 7.92. The van der Waals surface area contributed by atoms with E-state index in [9.17, 15) is 14.9 Å². The second-order valence-electron chi connectivity index (χ2n) is 7.96. The molecule has 1 aliphatic rings. The van der Waals surface area contributed by atoms with Gasteiger partial charge in [-0.05, 0) is 46.8 Å². The Bertz CT molecular complexity index is 622. The lowest BCUT2D eigenvalue weighted by Gasteiger charge is -2.43. The minimum atomic E-state index is -0.432. The summed E-state index contributed by atoms with van der Waals surface area (Å²) in [5, 5.41) is 16.3. The van der Waals surface area contributed by atoms with Crippen molar-refractivity contribution in [3.8, 4) is 0 Å². The molecular weight excluding hydrogens is 294 g/mol. The molecule has 0 radical (unpaired) electrons. The van der Waals surface area contributed by atoms with E-state index in [0.717, 1.165) is 12.8 Å². The third-order valence-corrected chi connectivity index (χ3v) is 4.32. The average molecular weight is 320 g/mol. The van der Waals surface area contributed by atoms with Gasteiger partial charge in [-0.1, -0.05) is 0 Å². The van der Waals surface area contributed by atoms with Crippen LogP contribution in [0.15, 0.2) is 18.2 Å². The summed E-state index contributed by atoms with van der Waals surface area (Å²) in [5.74, 6) is -0.165. The molecule has 1 saturated heterocycles. The van der Waals surface area contributed by atoms with Crippen molar-refractivity contribution in [3.63, 3.8) is 0 Å². The highest BCUT2D eigenvalue weighted by Crippen LogP contribution is 2.23. The lowest BCUT2D eigenvalue weighted by Crippen LogP contribution is -3.06. The highest BCUT2D eigenvalue weighted by molar-refractivity contribution is 5.94. The van der Waals surface area contributed by atoms with Gasteiger partial charge in [0, 0.05) is 36.1 Å². The van der Waals surface area contributed by atoms with Gasteiger partial charge in [0.05, 0.1) is 16.0 Å². The molecule has 1 aliphatic heterocycles. The van der Waals surface area contributed by atoms with E-state index in [0.29, 0.717) is 11.1 Å². The maximum atomic E-state index is 12.5.